The molecule has 2 fully saturated rings. The molecular weight excluding hydrogens is 326 g/mol. The number of hydrogen-bond acceptors (Lipinski definition) is 7. The quantitative estimate of drug-likeness (QED) is 0.842. The molecular formula is C16H19N5O2S. The zero-order valence-electron chi connectivity index (χ0n) is 13.3. The molecule has 0 aromatic carbocycles. The van der Waals surface area contributed by atoms with Crippen LogP contribution >= 0.6 is 11.5 Å². The highest BCUT2D eigenvalue weighted by molar-refractivity contribution is 7.03. The zero-order valence-corrected chi connectivity index (χ0v) is 14.1. The molecule has 1 amide bonds. The summed E-state index contributed by atoms with van der Waals surface area (Å²) in [6.07, 6.45) is 5.01. The lowest BCUT2D eigenvalue weighted by Gasteiger charge is -2.22. The summed E-state index contributed by atoms with van der Waals surface area (Å²) in [6, 6.07) is 3.86. The minimum absolute atomic E-state index is 0.00824. The Morgan fingerprint density at radius 1 is 1.29 bits per heavy atom. The molecule has 1 unspecified atom stereocenters. The highest BCUT2D eigenvalue weighted by atomic mass is 32.1. The predicted molar refractivity (Wildman–Crippen MR) is 90.5 cm³/mol. The van der Waals surface area contributed by atoms with E-state index in [4.69, 9.17) is 4.74 Å². The Morgan fingerprint density at radius 3 is 2.96 bits per heavy atom. The Morgan fingerprint density at radius 2 is 2.17 bits per heavy atom. The van der Waals surface area contributed by atoms with Crippen molar-refractivity contribution >= 4 is 23.3 Å². The summed E-state index contributed by atoms with van der Waals surface area (Å²) >= 11 is 1.19. The van der Waals surface area contributed by atoms with Crippen molar-refractivity contribution in [1.82, 2.24) is 19.5 Å². The molecule has 2 aliphatic rings. The second kappa shape index (κ2) is 6.72. The monoisotopic (exact) mass is 345 g/mol. The lowest BCUT2D eigenvalue weighted by molar-refractivity contribution is 0.0766. The van der Waals surface area contributed by atoms with Gasteiger partial charge in [-0.15, -0.1) is 5.10 Å². The van der Waals surface area contributed by atoms with E-state index in [0.717, 1.165) is 31.1 Å². The number of likely N-dealkylation sites (tertiary alicyclic amines) is 1. The lowest BCUT2D eigenvalue weighted by Crippen LogP contribution is -2.31. The molecule has 126 valence electrons. The number of rotatable bonds is 4. The number of carbonyl (C=O) groups excluding carboxylic acids is 1. The molecule has 1 atom stereocenters. The van der Waals surface area contributed by atoms with Crippen LogP contribution in [0.3, 0.4) is 0 Å². The Kier molecular flexibility index (Phi) is 4.29. The van der Waals surface area contributed by atoms with Crippen molar-refractivity contribution in [2.24, 2.45) is 0 Å². The fourth-order valence-corrected chi connectivity index (χ4v) is 3.68. The fraction of sp³-hybridized carbons (Fsp3) is 0.500. The molecule has 2 aromatic heterocycles. The number of hydrogen-bond donors (Lipinski definition) is 0. The molecule has 8 heteroatoms. The number of ether oxygens (including phenoxy) is 1. The highest BCUT2D eigenvalue weighted by Crippen LogP contribution is 2.30. The third kappa shape index (κ3) is 3.06. The van der Waals surface area contributed by atoms with Crippen LogP contribution in [0.1, 0.15) is 29.8 Å². The summed E-state index contributed by atoms with van der Waals surface area (Å²) < 4.78 is 9.94. The van der Waals surface area contributed by atoms with Gasteiger partial charge in [-0.05, 0) is 36.5 Å². The number of pyridine rings is 1. The van der Waals surface area contributed by atoms with Crippen molar-refractivity contribution in [3.05, 3.63) is 29.4 Å². The van der Waals surface area contributed by atoms with Crippen molar-refractivity contribution in [3.8, 4) is 5.75 Å². The van der Waals surface area contributed by atoms with Gasteiger partial charge >= 0.3 is 0 Å². The molecule has 2 aliphatic heterocycles. The Bertz CT molecular complexity index is 702. The van der Waals surface area contributed by atoms with Gasteiger partial charge in [0.15, 0.2) is 17.3 Å². The second-order valence-electron chi connectivity index (χ2n) is 6.09. The maximum atomic E-state index is 12.3. The molecule has 0 saturated carbocycles. The summed E-state index contributed by atoms with van der Waals surface area (Å²) in [7, 11) is 0. The number of aromatic nitrogens is 3. The fourth-order valence-electron chi connectivity index (χ4n) is 3.25. The molecule has 0 radical (unpaired) electrons. The Labute approximate surface area is 144 Å². The van der Waals surface area contributed by atoms with Gasteiger partial charge in [0.2, 0.25) is 0 Å². The van der Waals surface area contributed by atoms with Gasteiger partial charge in [-0.2, -0.15) is 0 Å². The third-order valence-corrected chi connectivity index (χ3v) is 4.97. The van der Waals surface area contributed by atoms with Crippen LogP contribution in [-0.4, -0.2) is 57.7 Å². The van der Waals surface area contributed by atoms with Gasteiger partial charge in [0.25, 0.3) is 5.91 Å². The molecule has 24 heavy (non-hydrogen) atoms. The average Bonchev–Trinajstić information content (AvgIpc) is 3.36. The van der Waals surface area contributed by atoms with Crippen molar-refractivity contribution < 1.29 is 9.53 Å². The van der Waals surface area contributed by atoms with Crippen LogP contribution in [0.5, 0.6) is 5.75 Å². The molecule has 4 heterocycles. The summed E-state index contributed by atoms with van der Waals surface area (Å²) in [4.78, 5) is 20.9. The first kappa shape index (κ1) is 15.3. The summed E-state index contributed by atoms with van der Waals surface area (Å²) in [5, 5.41) is 5.54. The first-order chi connectivity index (χ1) is 11.8. The Hall–Kier alpha value is -2.22. The minimum Gasteiger partial charge on any atom is -0.485 e. The molecule has 0 bridgehead atoms. The van der Waals surface area contributed by atoms with Crippen molar-refractivity contribution in [3.63, 3.8) is 0 Å². The van der Waals surface area contributed by atoms with Crippen LogP contribution in [0, 0.1) is 0 Å². The molecule has 4 rings (SSSR count). The van der Waals surface area contributed by atoms with E-state index < -0.39 is 0 Å². The minimum atomic E-state index is -0.0687. The maximum Gasteiger partial charge on any atom is 0.275 e. The first-order valence-corrected chi connectivity index (χ1v) is 9.08. The van der Waals surface area contributed by atoms with Crippen LogP contribution in [0.25, 0.3) is 0 Å². The predicted octanol–water partition coefficient (Wildman–Crippen LogP) is 1.83. The van der Waals surface area contributed by atoms with Crippen LogP contribution in [-0.2, 0) is 0 Å². The van der Waals surface area contributed by atoms with Gasteiger partial charge in [-0.3, -0.25) is 4.79 Å². The van der Waals surface area contributed by atoms with Crippen LogP contribution in [0.2, 0.25) is 0 Å². The number of nitrogens with zero attached hydrogens (tertiary/aromatic N) is 5. The van der Waals surface area contributed by atoms with E-state index in [0.29, 0.717) is 18.8 Å². The van der Waals surface area contributed by atoms with Crippen molar-refractivity contribution in [2.45, 2.75) is 25.4 Å². The van der Waals surface area contributed by atoms with E-state index in [1.54, 1.807) is 16.5 Å². The van der Waals surface area contributed by atoms with Gasteiger partial charge in [-0.1, -0.05) is 4.49 Å². The summed E-state index contributed by atoms with van der Waals surface area (Å²) in [5.41, 5.74) is 0.416. The molecule has 0 spiro atoms. The van der Waals surface area contributed by atoms with Crippen LogP contribution < -0.4 is 9.64 Å². The first-order valence-electron chi connectivity index (χ1n) is 8.24. The van der Waals surface area contributed by atoms with E-state index in [2.05, 4.69) is 19.5 Å². The molecule has 0 N–H and O–H groups in total. The molecule has 7 nitrogen and oxygen atoms in total. The summed E-state index contributed by atoms with van der Waals surface area (Å²) in [5.74, 6) is 1.67. The van der Waals surface area contributed by atoms with Crippen molar-refractivity contribution in [1.29, 1.82) is 0 Å². The van der Waals surface area contributed by atoms with Crippen LogP contribution in [0.4, 0.5) is 5.82 Å². The summed E-state index contributed by atoms with van der Waals surface area (Å²) in [6.45, 7) is 3.31. The van der Waals surface area contributed by atoms with Gasteiger partial charge in [0.1, 0.15) is 6.10 Å². The largest absolute Gasteiger partial charge is 0.485 e. The molecule has 2 aromatic rings. The van der Waals surface area contributed by atoms with E-state index in [1.807, 2.05) is 12.1 Å². The van der Waals surface area contributed by atoms with Gasteiger partial charge in [0, 0.05) is 37.6 Å². The topological polar surface area (TPSA) is 71.5 Å². The molecule has 0 aliphatic carbocycles. The van der Waals surface area contributed by atoms with Crippen molar-refractivity contribution in [2.75, 3.05) is 31.1 Å². The van der Waals surface area contributed by atoms with E-state index in [1.165, 1.54) is 24.4 Å². The number of anilines is 1. The zero-order chi connectivity index (χ0) is 16.4. The van der Waals surface area contributed by atoms with Crippen LogP contribution in [0.15, 0.2) is 23.7 Å². The van der Waals surface area contributed by atoms with E-state index in [9.17, 15) is 4.79 Å². The van der Waals surface area contributed by atoms with Gasteiger partial charge in [0.05, 0.1) is 6.54 Å². The van der Waals surface area contributed by atoms with E-state index >= 15 is 0 Å². The maximum absolute atomic E-state index is 12.3. The number of amides is 1. The second-order valence-corrected chi connectivity index (χ2v) is 6.70. The molecule has 2 saturated heterocycles. The highest BCUT2D eigenvalue weighted by Gasteiger charge is 2.30. The SMILES string of the molecule is O=C(c1csnn1)N1CCC(Oc2cccnc2N2CCCC2)C1. The average molecular weight is 345 g/mol. The van der Waals surface area contributed by atoms with Gasteiger partial charge < -0.3 is 14.5 Å². The smallest absolute Gasteiger partial charge is 0.275 e. The standard InChI is InChI=1S/C16H19N5O2S/c22-16(13-11-24-19-18-13)21-9-5-12(10-21)23-14-4-3-6-17-15(14)20-7-1-2-8-20/h3-4,6,11-12H,1-2,5,7-10H2. The number of carbonyl (C=O) groups is 1. The Balaban J connectivity index is 1.43. The van der Waals surface area contributed by atoms with Gasteiger partial charge in [-0.25, -0.2) is 4.98 Å². The third-order valence-electron chi connectivity index (χ3n) is 4.46. The lowest BCUT2D eigenvalue weighted by atomic mass is 10.3. The van der Waals surface area contributed by atoms with E-state index in [-0.39, 0.29) is 12.0 Å². The normalized spacial score (nSPS) is 20.6.